The summed E-state index contributed by atoms with van der Waals surface area (Å²) < 4.78 is 79.4. The number of ether oxygens (including phenoxy) is 2. The van der Waals surface area contributed by atoms with Gasteiger partial charge in [-0.15, -0.1) is 0 Å². The number of carbonyl (C=O) groups is 1. The molecule has 0 bridgehead atoms. The van der Waals surface area contributed by atoms with Gasteiger partial charge in [0, 0.05) is 25.4 Å². The molecule has 4 heterocycles. The fourth-order valence-corrected chi connectivity index (χ4v) is 7.88. The van der Waals surface area contributed by atoms with Crippen molar-refractivity contribution < 1.29 is 85.1 Å². The topological polar surface area (TPSA) is 367 Å². The largest absolute Gasteiger partial charge is 0.490 e. The van der Waals surface area contributed by atoms with E-state index in [4.69, 9.17) is 9.47 Å². The molecule has 0 aromatic carbocycles. The van der Waals surface area contributed by atoms with Crippen LogP contribution in [0.5, 0.6) is 0 Å². The predicted octanol–water partition coefficient (Wildman–Crippen LogP) is -3.34. The third-order valence-corrected chi connectivity index (χ3v) is 10.7. The molecule has 49 heavy (non-hydrogen) atoms. The monoisotopic (exact) mass is 769 g/mol. The Labute approximate surface area is 269 Å². The summed E-state index contributed by atoms with van der Waals surface area (Å²) in [7, 11) is -17.7. The molecule has 4 rings (SSSR count). The molecule has 1 amide bonds. The molecule has 11 atom stereocenters. The summed E-state index contributed by atoms with van der Waals surface area (Å²) >= 11 is 0. The minimum atomic E-state index is -6.10. The van der Waals surface area contributed by atoms with Crippen molar-refractivity contribution in [2.24, 2.45) is 0 Å². The second-order valence-electron chi connectivity index (χ2n) is 10.1. The second-order valence-corrected chi connectivity index (χ2v) is 14.7. The van der Waals surface area contributed by atoms with E-state index in [1.54, 1.807) is 4.98 Å². The number of aromatic amines is 1. The van der Waals surface area contributed by atoms with Crippen LogP contribution in [0.2, 0.25) is 0 Å². The highest BCUT2D eigenvalue weighted by Crippen LogP contribution is 2.68. The molecule has 2 aliphatic heterocycles. The van der Waals surface area contributed by atoms with E-state index in [9.17, 15) is 72.4 Å². The Morgan fingerprint density at radius 2 is 1.53 bits per heavy atom. The molecule has 0 spiro atoms. The van der Waals surface area contributed by atoms with E-state index in [2.05, 4.69) is 28.0 Å². The molecule has 29 heteroatoms. The summed E-state index contributed by atoms with van der Waals surface area (Å²) in [4.78, 5) is 81.4. The smallest absolute Gasteiger partial charge is 0.387 e. The van der Waals surface area contributed by atoms with Crippen molar-refractivity contribution in [1.29, 1.82) is 0 Å². The summed E-state index contributed by atoms with van der Waals surface area (Å²) in [6.45, 7) is -1.42. The number of H-pyrrole nitrogens is 1. The molecule has 2 aliphatic rings. The van der Waals surface area contributed by atoms with E-state index in [0.29, 0.717) is 15.3 Å². The number of rotatable bonds is 13. The van der Waals surface area contributed by atoms with Gasteiger partial charge >= 0.3 is 34.8 Å². The molecule has 0 saturated carbocycles. The van der Waals surface area contributed by atoms with E-state index in [1.807, 2.05) is 0 Å². The van der Waals surface area contributed by atoms with Crippen LogP contribution in [0.4, 0.5) is 10.2 Å². The van der Waals surface area contributed by atoms with Crippen molar-refractivity contribution in [2.45, 2.75) is 55.8 Å². The maximum absolute atomic E-state index is 14.8. The van der Waals surface area contributed by atoms with Gasteiger partial charge in [-0.3, -0.25) is 32.8 Å². The average Bonchev–Trinajstić information content (AvgIpc) is 3.35. The third-order valence-electron chi connectivity index (χ3n) is 6.48. The Bertz CT molecular complexity index is 1890. The lowest BCUT2D eigenvalue weighted by Crippen LogP contribution is -2.45. The number of hydrogen-bond donors (Lipinski definition) is 9. The SMILES string of the molecule is CC(=O)Nc1ccn([C@@H]2O[C@H](COP(=O)(O)OP(=O)(O)OP(=O)(O)OC[C@H]3O[C@@H](n4ccc(=O)[nH]c4=O)[C@@](O)(F)[C@@H]3O)[C@@H](O)[C@H]2O)c(=O)n1. The zero-order valence-corrected chi connectivity index (χ0v) is 26.9. The number of halogens is 1. The maximum atomic E-state index is 14.8. The van der Waals surface area contributed by atoms with Crippen LogP contribution in [-0.4, -0.2) is 110 Å². The lowest BCUT2D eigenvalue weighted by atomic mass is 10.1. The molecule has 274 valence electrons. The van der Waals surface area contributed by atoms with Crippen LogP contribution in [0.3, 0.4) is 0 Å². The number of phosphoric ester groups is 2. The number of hydrogen-bond acceptors (Lipinski definition) is 18. The Morgan fingerprint density at radius 1 is 0.959 bits per heavy atom. The Balaban J connectivity index is 1.33. The van der Waals surface area contributed by atoms with Gasteiger partial charge in [0.05, 0.1) is 13.2 Å². The summed E-state index contributed by atoms with van der Waals surface area (Å²) in [5, 5.41) is 42.9. The Kier molecular flexibility index (Phi) is 11.4. The van der Waals surface area contributed by atoms with Gasteiger partial charge in [-0.2, -0.15) is 13.6 Å². The summed E-state index contributed by atoms with van der Waals surface area (Å²) in [6, 6.07) is 1.88. The van der Waals surface area contributed by atoms with Gasteiger partial charge in [-0.05, 0) is 6.07 Å². The molecular weight excluding hydrogens is 742 g/mol. The summed E-state index contributed by atoms with van der Waals surface area (Å²) in [5.74, 6) is -4.46. The number of nitrogens with one attached hydrogen (secondary N) is 2. The number of carbonyl (C=O) groups excluding carboxylic acids is 1. The molecule has 2 saturated heterocycles. The second kappa shape index (κ2) is 14.4. The van der Waals surface area contributed by atoms with Crippen molar-refractivity contribution in [2.75, 3.05) is 18.5 Å². The van der Waals surface area contributed by atoms with Gasteiger partial charge in [0.1, 0.15) is 36.3 Å². The third kappa shape index (κ3) is 9.28. The number of nitrogens with zero attached hydrogens (tertiary/aromatic N) is 3. The minimum Gasteiger partial charge on any atom is -0.387 e. The van der Waals surface area contributed by atoms with Crippen LogP contribution in [0.15, 0.2) is 38.9 Å². The fourth-order valence-electron chi connectivity index (χ4n) is 4.36. The van der Waals surface area contributed by atoms with Crippen LogP contribution in [0.1, 0.15) is 19.4 Å². The number of aliphatic hydroxyl groups excluding tert-OH is 3. The average molecular weight is 769 g/mol. The first-order valence-electron chi connectivity index (χ1n) is 13.2. The lowest BCUT2D eigenvalue weighted by Gasteiger charge is -2.23. The molecular formula is C20H27FN5O20P3. The van der Waals surface area contributed by atoms with Crippen molar-refractivity contribution in [3.63, 3.8) is 0 Å². The molecule has 0 radical (unpaired) electrons. The molecule has 0 aliphatic carbocycles. The molecule has 3 unspecified atom stereocenters. The van der Waals surface area contributed by atoms with Crippen LogP contribution in [0.25, 0.3) is 0 Å². The lowest BCUT2D eigenvalue weighted by molar-refractivity contribution is -0.197. The number of aromatic nitrogens is 4. The first kappa shape index (κ1) is 38.9. The molecule has 2 aromatic heterocycles. The van der Waals surface area contributed by atoms with Gasteiger partial charge in [-0.1, -0.05) is 0 Å². The molecule has 2 aromatic rings. The van der Waals surface area contributed by atoms with Crippen molar-refractivity contribution in [3.05, 3.63) is 55.8 Å². The quantitative estimate of drug-likeness (QED) is 0.0899. The van der Waals surface area contributed by atoms with E-state index in [1.165, 1.54) is 0 Å². The van der Waals surface area contributed by atoms with Gasteiger partial charge < -0.3 is 49.9 Å². The van der Waals surface area contributed by atoms with Gasteiger partial charge in [0.25, 0.3) is 11.4 Å². The first-order valence-corrected chi connectivity index (χ1v) is 17.7. The van der Waals surface area contributed by atoms with Gasteiger partial charge in [0.15, 0.2) is 12.5 Å². The molecule has 9 N–H and O–H groups in total. The Hall–Kier alpha value is -2.87. The van der Waals surface area contributed by atoms with Gasteiger partial charge in [0.2, 0.25) is 5.91 Å². The molecule has 2 fully saturated rings. The predicted molar refractivity (Wildman–Crippen MR) is 150 cm³/mol. The van der Waals surface area contributed by atoms with Gasteiger partial charge in [-0.25, -0.2) is 27.7 Å². The van der Waals surface area contributed by atoms with E-state index < -0.39 is 108 Å². The standard InChI is InChI=1S/C20H27FN5O20P3/c1-8(27)22-11-2-4-25(18(32)23-11)16-14(30)13(29)9(43-16)6-41-47(35,36)45-49(39,40)46-48(37,38)42-7-10-15(31)20(21,34)17(44-10)26-5-3-12(28)24-19(26)33/h2-5,9-10,13-17,29-31,34H,6-7H2,1H3,(H,35,36)(H,37,38)(H,39,40)(H,24,28,33)(H,22,23,27,32)/t9-,10-,13-,14-,15-,16-,17-,20-/m1/s1. The van der Waals surface area contributed by atoms with Crippen LogP contribution < -0.4 is 22.3 Å². The highest BCUT2D eigenvalue weighted by molar-refractivity contribution is 7.66. The van der Waals surface area contributed by atoms with Crippen molar-refractivity contribution in [1.82, 2.24) is 19.1 Å². The fraction of sp³-hybridized carbons (Fsp3) is 0.550. The zero-order chi connectivity index (χ0) is 36.7. The van der Waals surface area contributed by atoms with Crippen LogP contribution in [0, 0.1) is 0 Å². The Morgan fingerprint density at radius 3 is 2.08 bits per heavy atom. The number of aliphatic hydroxyl groups is 4. The van der Waals surface area contributed by atoms with E-state index in [-0.39, 0.29) is 5.82 Å². The van der Waals surface area contributed by atoms with Crippen molar-refractivity contribution in [3.8, 4) is 0 Å². The van der Waals surface area contributed by atoms with E-state index in [0.717, 1.165) is 25.3 Å². The summed E-state index contributed by atoms with van der Waals surface area (Å²) in [5.41, 5.74) is -3.27. The highest BCUT2D eigenvalue weighted by atomic mass is 31.3. The van der Waals surface area contributed by atoms with Crippen LogP contribution in [-0.2, 0) is 45.6 Å². The number of amides is 1. The number of alkyl halides is 1. The highest BCUT2D eigenvalue weighted by Gasteiger charge is 2.58. The number of phosphoric acid groups is 3. The maximum Gasteiger partial charge on any atom is 0.490 e. The number of anilines is 1. The van der Waals surface area contributed by atoms with E-state index >= 15 is 0 Å². The van der Waals surface area contributed by atoms with Crippen molar-refractivity contribution >= 4 is 35.2 Å². The zero-order valence-electron chi connectivity index (χ0n) is 24.3. The normalized spacial score (nSPS) is 32.2. The molecule has 25 nitrogen and oxygen atoms in total. The van der Waals surface area contributed by atoms with Crippen LogP contribution >= 0.6 is 23.5 Å². The first-order chi connectivity index (χ1) is 22.5. The summed E-state index contributed by atoms with van der Waals surface area (Å²) in [6.07, 6.45) is -12.4. The minimum absolute atomic E-state index is 0.154.